The zero-order chi connectivity index (χ0) is 13.4. The molecule has 1 unspecified atom stereocenters. The molecular formula is C15H29NO2. The molecule has 0 radical (unpaired) electrons. The van der Waals surface area contributed by atoms with Crippen LogP contribution in [0.3, 0.4) is 0 Å². The van der Waals surface area contributed by atoms with Gasteiger partial charge in [0.05, 0.1) is 12.2 Å². The Morgan fingerprint density at radius 2 is 1.61 bits per heavy atom. The van der Waals surface area contributed by atoms with Gasteiger partial charge in [0, 0.05) is 17.5 Å². The third kappa shape index (κ3) is 2.45. The molecule has 1 aliphatic heterocycles. The highest BCUT2D eigenvalue weighted by Crippen LogP contribution is 2.44. The van der Waals surface area contributed by atoms with Gasteiger partial charge < -0.3 is 5.11 Å². The molecule has 0 bridgehead atoms. The highest BCUT2D eigenvalue weighted by Gasteiger charge is 2.50. The average molecular weight is 255 g/mol. The van der Waals surface area contributed by atoms with Crippen LogP contribution in [0.5, 0.6) is 0 Å². The lowest BCUT2D eigenvalue weighted by Gasteiger charge is -2.55. The molecule has 0 aromatic carbocycles. The van der Waals surface area contributed by atoms with Gasteiger partial charge in [-0.1, -0.05) is 33.1 Å². The molecule has 0 aromatic heterocycles. The molecule has 1 atom stereocenters. The smallest absolute Gasteiger partial charge is 0.0793 e. The molecule has 3 heteroatoms. The van der Waals surface area contributed by atoms with Gasteiger partial charge in [0.2, 0.25) is 0 Å². The predicted molar refractivity (Wildman–Crippen MR) is 73.1 cm³/mol. The first-order valence-electron chi connectivity index (χ1n) is 7.48. The lowest BCUT2D eigenvalue weighted by atomic mass is 9.67. The summed E-state index contributed by atoms with van der Waals surface area (Å²) in [6, 6.07) is 0. The molecule has 1 saturated heterocycles. The van der Waals surface area contributed by atoms with Crippen LogP contribution in [0.2, 0.25) is 0 Å². The Hall–Kier alpha value is -0.120. The SMILES string of the molecule is CC1(C)C(O)CCN(OC2CCCCC2)C1(C)C. The number of aliphatic hydroxyl groups excluding tert-OH is 1. The van der Waals surface area contributed by atoms with Crippen molar-refractivity contribution in [2.24, 2.45) is 5.41 Å². The Bertz CT molecular complexity index is 282. The Balaban J connectivity index is 2.03. The standard InChI is InChI=1S/C15H29NO2/c1-14(2)13(17)10-11-16(15(14,3)4)18-12-8-6-5-7-9-12/h12-13,17H,5-11H2,1-4H3. The van der Waals surface area contributed by atoms with Crippen molar-refractivity contribution in [3.63, 3.8) is 0 Å². The molecule has 106 valence electrons. The van der Waals surface area contributed by atoms with E-state index in [1.807, 2.05) is 0 Å². The molecule has 2 rings (SSSR count). The van der Waals surface area contributed by atoms with E-state index in [9.17, 15) is 5.11 Å². The van der Waals surface area contributed by atoms with Crippen molar-refractivity contribution in [1.29, 1.82) is 0 Å². The van der Waals surface area contributed by atoms with E-state index in [2.05, 4.69) is 32.8 Å². The molecular weight excluding hydrogens is 226 g/mol. The summed E-state index contributed by atoms with van der Waals surface area (Å²) < 4.78 is 0. The van der Waals surface area contributed by atoms with Crippen molar-refractivity contribution in [3.8, 4) is 0 Å². The first kappa shape index (κ1) is 14.3. The van der Waals surface area contributed by atoms with Crippen molar-refractivity contribution < 1.29 is 9.94 Å². The van der Waals surface area contributed by atoms with Crippen LogP contribution in [0.4, 0.5) is 0 Å². The summed E-state index contributed by atoms with van der Waals surface area (Å²) in [5, 5.41) is 12.4. The fraction of sp³-hybridized carbons (Fsp3) is 1.00. The van der Waals surface area contributed by atoms with Crippen LogP contribution < -0.4 is 0 Å². The third-order valence-electron chi connectivity index (χ3n) is 5.47. The second-order valence-corrected chi connectivity index (χ2v) is 7.05. The number of aliphatic hydroxyl groups is 1. The molecule has 0 aromatic rings. The molecule has 1 aliphatic carbocycles. The lowest BCUT2D eigenvalue weighted by molar-refractivity contribution is -0.301. The van der Waals surface area contributed by atoms with Crippen LogP contribution in [0.1, 0.15) is 66.2 Å². The van der Waals surface area contributed by atoms with Gasteiger partial charge in [0.25, 0.3) is 0 Å². The van der Waals surface area contributed by atoms with Crippen LogP contribution in [0.25, 0.3) is 0 Å². The molecule has 2 aliphatic rings. The number of nitrogens with zero attached hydrogens (tertiary/aromatic N) is 1. The maximum atomic E-state index is 10.2. The lowest BCUT2D eigenvalue weighted by Crippen LogP contribution is -2.63. The van der Waals surface area contributed by atoms with Gasteiger partial charge >= 0.3 is 0 Å². The first-order valence-corrected chi connectivity index (χ1v) is 7.48. The fourth-order valence-corrected chi connectivity index (χ4v) is 3.14. The summed E-state index contributed by atoms with van der Waals surface area (Å²) in [6.45, 7) is 9.52. The predicted octanol–water partition coefficient (Wildman–Crippen LogP) is 3.12. The van der Waals surface area contributed by atoms with Gasteiger partial charge in [-0.2, -0.15) is 5.06 Å². The molecule has 1 heterocycles. The Morgan fingerprint density at radius 3 is 2.22 bits per heavy atom. The van der Waals surface area contributed by atoms with E-state index in [1.165, 1.54) is 32.1 Å². The molecule has 0 spiro atoms. The van der Waals surface area contributed by atoms with Gasteiger partial charge in [0.1, 0.15) is 0 Å². The summed E-state index contributed by atoms with van der Waals surface area (Å²) in [4.78, 5) is 6.25. The van der Waals surface area contributed by atoms with Gasteiger partial charge in [-0.05, 0) is 33.1 Å². The Kier molecular flexibility index (Phi) is 4.05. The zero-order valence-corrected chi connectivity index (χ0v) is 12.4. The molecule has 1 N–H and O–H groups in total. The molecule has 2 fully saturated rings. The van der Waals surface area contributed by atoms with Crippen molar-refractivity contribution in [1.82, 2.24) is 5.06 Å². The number of hydrogen-bond donors (Lipinski definition) is 1. The second kappa shape index (κ2) is 5.10. The zero-order valence-electron chi connectivity index (χ0n) is 12.4. The number of hydroxylamine groups is 2. The van der Waals surface area contributed by atoms with E-state index in [0.717, 1.165) is 13.0 Å². The molecule has 1 saturated carbocycles. The van der Waals surface area contributed by atoms with Gasteiger partial charge in [-0.25, -0.2) is 0 Å². The van der Waals surface area contributed by atoms with Crippen LogP contribution in [0.15, 0.2) is 0 Å². The quantitative estimate of drug-likeness (QED) is 0.823. The van der Waals surface area contributed by atoms with Crippen molar-refractivity contribution in [3.05, 3.63) is 0 Å². The van der Waals surface area contributed by atoms with Crippen LogP contribution in [-0.4, -0.2) is 34.5 Å². The van der Waals surface area contributed by atoms with Gasteiger partial charge in [-0.15, -0.1) is 0 Å². The minimum atomic E-state index is -0.237. The largest absolute Gasteiger partial charge is 0.392 e. The topological polar surface area (TPSA) is 32.7 Å². The number of hydrogen-bond acceptors (Lipinski definition) is 3. The van der Waals surface area contributed by atoms with Crippen LogP contribution >= 0.6 is 0 Å². The second-order valence-electron chi connectivity index (χ2n) is 7.05. The van der Waals surface area contributed by atoms with Crippen molar-refractivity contribution in [2.75, 3.05) is 6.54 Å². The van der Waals surface area contributed by atoms with Crippen LogP contribution in [-0.2, 0) is 4.84 Å². The summed E-state index contributed by atoms with van der Waals surface area (Å²) in [7, 11) is 0. The minimum Gasteiger partial charge on any atom is -0.392 e. The fourth-order valence-electron chi connectivity index (χ4n) is 3.14. The minimum absolute atomic E-state index is 0.123. The maximum Gasteiger partial charge on any atom is 0.0793 e. The summed E-state index contributed by atoms with van der Waals surface area (Å²) in [5.74, 6) is 0. The molecule has 18 heavy (non-hydrogen) atoms. The van der Waals surface area contributed by atoms with E-state index < -0.39 is 0 Å². The van der Waals surface area contributed by atoms with Crippen molar-refractivity contribution >= 4 is 0 Å². The molecule has 3 nitrogen and oxygen atoms in total. The van der Waals surface area contributed by atoms with E-state index >= 15 is 0 Å². The van der Waals surface area contributed by atoms with Crippen molar-refractivity contribution in [2.45, 2.75) is 84.0 Å². The highest BCUT2D eigenvalue weighted by molar-refractivity contribution is 5.00. The summed E-state index contributed by atoms with van der Waals surface area (Å²) in [6.07, 6.45) is 7.29. The van der Waals surface area contributed by atoms with E-state index in [4.69, 9.17) is 4.84 Å². The molecule has 0 amide bonds. The van der Waals surface area contributed by atoms with Gasteiger partial charge in [-0.3, -0.25) is 4.84 Å². The normalized spacial score (nSPS) is 33.5. The average Bonchev–Trinajstić information content (AvgIpc) is 2.33. The Labute approximate surface area is 111 Å². The van der Waals surface area contributed by atoms with E-state index in [-0.39, 0.29) is 17.1 Å². The summed E-state index contributed by atoms with van der Waals surface area (Å²) in [5.41, 5.74) is -0.262. The monoisotopic (exact) mass is 255 g/mol. The highest BCUT2D eigenvalue weighted by atomic mass is 16.7. The van der Waals surface area contributed by atoms with Crippen LogP contribution in [0, 0.1) is 5.41 Å². The third-order valence-corrected chi connectivity index (χ3v) is 5.47. The first-order chi connectivity index (χ1) is 8.35. The summed E-state index contributed by atoms with van der Waals surface area (Å²) >= 11 is 0. The Morgan fingerprint density at radius 1 is 1.00 bits per heavy atom. The van der Waals surface area contributed by atoms with E-state index in [1.54, 1.807) is 0 Å². The number of rotatable bonds is 2. The van der Waals surface area contributed by atoms with E-state index in [0.29, 0.717) is 6.10 Å². The number of piperidine rings is 1. The maximum absolute atomic E-state index is 10.2. The van der Waals surface area contributed by atoms with Gasteiger partial charge in [0.15, 0.2) is 0 Å².